The first kappa shape index (κ1) is 32.4. The van der Waals surface area contributed by atoms with Crippen molar-refractivity contribution in [1.29, 1.82) is 5.26 Å². The largest absolute Gasteiger partial charge is 0.318 e. The highest BCUT2D eigenvalue weighted by Gasteiger charge is 2.33. The molecule has 0 fully saturated rings. The lowest BCUT2D eigenvalue weighted by Gasteiger charge is -2.25. The van der Waals surface area contributed by atoms with Crippen LogP contribution in [-0.4, -0.2) is 29.1 Å². The van der Waals surface area contributed by atoms with Gasteiger partial charge in [0, 0.05) is 79.0 Å². The van der Waals surface area contributed by atoms with Crippen LogP contribution in [0.3, 0.4) is 0 Å². The fraction of sp³-hybridized carbons (Fsp3) is 0. The summed E-state index contributed by atoms with van der Waals surface area (Å²) in [6, 6.07) is 48.0. The monoisotopic (exact) mass is 762 g/mol. The van der Waals surface area contributed by atoms with E-state index in [0.717, 1.165) is 104 Å². The second-order valence-corrected chi connectivity index (χ2v) is 15.1. The van der Waals surface area contributed by atoms with E-state index in [1.807, 2.05) is 48.5 Å². The van der Waals surface area contributed by atoms with Crippen LogP contribution in [-0.2, 0) is 0 Å². The van der Waals surface area contributed by atoms with Crippen LogP contribution in [0.4, 0.5) is 5.69 Å². The minimum atomic E-state index is 0.384. The first-order chi connectivity index (χ1) is 29.8. The topological polar surface area (TPSA) is 89.6 Å². The summed E-state index contributed by atoms with van der Waals surface area (Å²) >= 11 is 0. The molecule has 0 radical (unpaired) electrons. The third-order valence-corrected chi connectivity index (χ3v) is 12.3. The predicted molar refractivity (Wildman–Crippen MR) is 241 cm³/mol. The number of hydrogen-bond acceptors (Lipinski definition) is 5. The fourth-order valence-electron chi connectivity index (χ4n) is 10.1. The molecule has 0 aliphatic heterocycles. The lowest BCUT2D eigenvalue weighted by Crippen LogP contribution is -2.08. The van der Waals surface area contributed by atoms with Gasteiger partial charge in [-0.05, 0) is 35.4 Å². The lowest BCUT2D eigenvalue weighted by atomic mass is 9.88. The Morgan fingerprint density at radius 1 is 0.433 bits per heavy atom. The molecule has 0 aliphatic carbocycles. The summed E-state index contributed by atoms with van der Waals surface area (Å²) < 4.78 is 4.50. The van der Waals surface area contributed by atoms with E-state index in [-0.39, 0.29) is 0 Å². The average Bonchev–Trinajstić information content (AvgIpc) is 3.84. The van der Waals surface area contributed by atoms with E-state index in [1.165, 1.54) is 0 Å². The molecular formula is C52H26N8. The standard InChI is InChI=1S/C52H26N8/c1-54-50-40(29-12-4-2-5-13-29)35(28-53)51(59-36-20-8-16-31-42(36)43-32(17-9-21-37(43)59)47-46(31)55-24-25-56-47)41(30-14-6-3-7-15-30)52(50)60-38-22-10-18-33-44(38)45-34(19-11-23-39(45)60)49-48(33)57-26-27-58-49/h2-27H. The number of hydrogen-bond donors (Lipinski definition) is 0. The molecule has 4 aromatic heterocycles. The Morgan fingerprint density at radius 2 is 0.800 bits per heavy atom. The SMILES string of the molecule is [C-]#[N+]c1c(-c2ccccc2)c(C#N)c(-n2c3cccc4c5nccnc5c5cccc2c5c43)c(-c2ccccc2)c1-n1c2cccc3c4nccnc4c4cccc1c4c32. The van der Waals surface area contributed by atoms with Crippen LogP contribution >= 0.6 is 0 Å². The van der Waals surface area contributed by atoms with E-state index in [0.29, 0.717) is 28.2 Å². The number of benzene rings is 9. The minimum Gasteiger partial charge on any atom is -0.318 e. The molecule has 60 heavy (non-hydrogen) atoms. The van der Waals surface area contributed by atoms with Crippen molar-refractivity contribution in [3.63, 3.8) is 0 Å². The number of rotatable bonds is 4. The quantitative estimate of drug-likeness (QED) is 0.132. The maximum absolute atomic E-state index is 11.7. The first-order valence-electron chi connectivity index (χ1n) is 19.7. The Hall–Kier alpha value is -8.72. The molecule has 274 valence electrons. The smallest absolute Gasteiger partial charge is 0.220 e. The van der Waals surface area contributed by atoms with Crippen LogP contribution in [0, 0.1) is 17.9 Å². The highest BCUT2D eigenvalue weighted by Crippen LogP contribution is 2.54. The van der Waals surface area contributed by atoms with E-state index < -0.39 is 0 Å². The molecule has 8 nitrogen and oxygen atoms in total. The van der Waals surface area contributed by atoms with Gasteiger partial charge in [0.15, 0.2) is 0 Å². The van der Waals surface area contributed by atoms with Crippen molar-refractivity contribution in [3.8, 4) is 39.7 Å². The molecule has 9 aromatic carbocycles. The van der Waals surface area contributed by atoms with Crippen molar-refractivity contribution in [1.82, 2.24) is 29.1 Å². The predicted octanol–water partition coefficient (Wildman–Crippen LogP) is 12.7. The van der Waals surface area contributed by atoms with E-state index in [1.54, 1.807) is 24.8 Å². The molecule has 4 heterocycles. The Morgan fingerprint density at radius 3 is 1.17 bits per heavy atom. The van der Waals surface area contributed by atoms with Crippen molar-refractivity contribution in [3.05, 3.63) is 175 Å². The third kappa shape index (κ3) is 4.01. The van der Waals surface area contributed by atoms with Crippen molar-refractivity contribution in [2.45, 2.75) is 0 Å². The summed E-state index contributed by atoms with van der Waals surface area (Å²) in [4.78, 5) is 23.9. The van der Waals surface area contributed by atoms with Crippen LogP contribution in [0.2, 0.25) is 0 Å². The second kappa shape index (κ2) is 11.9. The van der Waals surface area contributed by atoms with Gasteiger partial charge in [-0.1, -0.05) is 109 Å². The normalized spacial score (nSPS) is 12.0. The number of nitrogens with zero attached hydrogens (tertiary/aromatic N) is 8. The summed E-state index contributed by atoms with van der Waals surface area (Å²) in [6.45, 7) is 9.13. The lowest BCUT2D eigenvalue weighted by molar-refractivity contribution is 1.13. The molecule has 0 N–H and O–H groups in total. The Kier molecular flexibility index (Phi) is 6.42. The fourth-order valence-corrected chi connectivity index (χ4v) is 10.1. The summed E-state index contributed by atoms with van der Waals surface area (Å²) in [5, 5.41) is 19.8. The van der Waals surface area contributed by atoms with Crippen molar-refractivity contribution in [2.75, 3.05) is 0 Å². The Balaban J connectivity index is 1.33. The zero-order valence-electron chi connectivity index (χ0n) is 31.6. The van der Waals surface area contributed by atoms with E-state index in [4.69, 9.17) is 26.5 Å². The average molecular weight is 763 g/mol. The molecule has 8 heteroatoms. The minimum absolute atomic E-state index is 0.384. The molecular weight excluding hydrogens is 737 g/mol. The number of aromatic nitrogens is 6. The van der Waals surface area contributed by atoms with E-state index in [9.17, 15) is 5.26 Å². The van der Waals surface area contributed by atoms with Gasteiger partial charge < -0.3 is 9.13 Å². The second-order valence-electron chi connectivity index (χ2n) is 15.1. The first-order valence-corrected chi connectivity index (χ1v) is 19.7. The van der Waals surface area contributed by atoms with Crippen LogP contribution in [0.15, 0.2) is 158 Å². The molecule has 0 bridgehead atoms. The summed E-state index contributed by atoms with van der Waals surface area (Å²) in [5.41, 5.74) is 12.2. The zero-order chi connectivity index (χ0) is 39.6. The summed E-state index contributed by atoms with van der Waals surface area (Å²) in [5.74, 6) is 0. The van der Waals surface area contributed by atoms with Crippen molar-refractivity contribution >= 4 is 92.9 Å². The number of nitriles is 1. The van der Waals surface area contributed by atoms with Gasteiger partial charge in [0.1, 0.15) is 6.07 Å². The van der Waals surface area contributed by atoms with Crippen LogP contribution in [0.25, 0.3) is 126 Å². The third-order valence-electron chi connectivity index (χ3n) is 12.3. The molecule has 13 aromatic rings. The molecule has 0 amide bonds. The van der Waals surface area contributed by atoms with Crippen LogP contribution < -0.4 is 0 Å². The number of fused-ring (bicyclic) bond motifs is 6. The van der Waals surface area contributed by atoms with Gasteiger partial charge >= 0.3 is 0 Å². The van der Waals surface area contributed by atoms with Crippen LogP contribution in [0.1, 0.15) is 5.56 Å². The maximum atomic E-state index is 11.7. The van der Waals surface area contributed by atoms with Gasteiger partial charge in [-0.15, -0.1) is 0 Å². The van der Waals surface area contributed by atoms with Crippen molar-refractivity contribution in [2.24, 2.45) is 0 Å². The maximum Gasteiger partial charge on any atom is 0.220 e. The van der Waals surface area contributed by atoms with Crippen molar-refractivity contribution < 1.29 is 0 Å². The molecule has 13 rings (SSSR count). The molecule has 0 saturated carbocycles. The van der Waals surface area contributed by atoms with E-state index in [2.05, 4.69) is 105 Å². The molecule has 0 atom stereocenters. The van der Waals surface area contributed by atoms with Gasteiger partial charge in [0.2, 0.25) is 5.69 Å². The molecule has 0 aliphatic rings. The molecule has 0 spiro atoms. The Bertz CT molecular complexity index is 3620. The highest BCUT2D eigenvalue weighted by atomic mass is 15.0. The highest BCUT2D eigenvalue weighted by molar-refractivity contribution is 6.35. The molecule has 0 saturated heterocycles. The van der Waals surface area contributed by atoms with Gasteiger partial charge in [0.05, 0.1) is 67.6 Å². The van der Waals surface area contributed by atoms with Gasteiger partial charge in [-0.3, -0.25) is 19.9 Å². The zero-order valence-corrected chi connectivity index (χ0v) is 31.6. The summed E-state index contributed by atoms with van der Waals surface area (Å²) in [6.07, 6.45) is 6.97. The van der Waals surface area contributed by atoms with E-state index >= 15 is 0 Å². The van der Waals surface area contributed by atoms with Gasteiger partial charge in [-0.25, -0.2) is 4.85 Å². The molecule has 0 unspecified atom stereocenters. The summed E-state index contributed by atoms with van der Waals surface area (Å²) in [7, 11) is 0. The van der Waals surface area contributed by atoms with Gasteiger partial charge in [0.25, 0.3) is 0 Å². The van der Waals surface area contributed by atoms with Gasteiger partial charge in [-0.2, -0.15) is 5.26 Å². The Labute approximate surface area is 341 Å². The van der Waals surface area contributed by atoms with Crippen LogP contribution in [0.5, 0.6) is 0 Å².